The van der Waals surface area contributed by atoms with Gasteiger partial charge in [-0.2, -0.15) is 0 Å². The van der Waals surface area contributed by atoms with Crippen molar-refractivity contribution in [2.45, 2.75) is 30.1 Å². The quantitative estimate of drug-likeness (QED) is 0.167. The summed E-state index contributed by atoms with van der Waals surface area (Å²) in [5, 5.41) is 0. The van der Waals surface area contributed by atoms with Crippen LogP contribution in [0.2, 0.25) is 0 Å². The molecule has 1 nitrogen and oxygen atoms in total. The Morgan fingerprint density at radius 2 is 0.636 bits per heavy atom. The maximum absolute atomic E-state index is 2.61. The van der Waals surface area contributed by atoms with Crippen molar-refractivity contribution in [2.75, 3.05) is 4.90 Å². The molecule has 66 heavy (non-hydrogen) atoms. The van der Waals surface area contributed by atoms with Gasteiger partial charge in [0.25, 0.3) is 0 Å². The Morgan fingerprint density at radius 1 is 0.273 bits per heavy atom. The van der Waals surface area contributed by atoms with Crippen molar-refractivity contribution in [1.82, 2.24) is 0 Å². The Balaban J connectivity index is 1.10. The molecule has 0 amide bonds. The van der Waals surface area contributed by atoms with Gasteiger partial charge in [-0.1, -0.05) is 220 Å². The van der Waals surface area contributed by atoms with E-state index in [0.29, 0.717) is 0 Å². The van der Waals surface area contributed by atoms with Crippen LogP contribution in [0.3, 0.4) is 0 Å². The van der Waals surface area contributed by atoms with Crippen LogP contribution >= 0.6 is 0 Å². The van der Waals surface area contributed by atoms with Gasteiger partial charge in [0.2, 0.25) is 0 Å². The average Bonchev–Trinajstić information content (AvgIpc) is 4.04. The second-order valence-corrected chi connectivity index (χ2v) is 19.1. The first kappa shape index (κ1) is 37.4. The van der Waals surface area contributed by atoms with E-state index in [0.717, 1.165) is 11.4 Å². The Hall–Kier alpha value is -8.00. The van der Waals surface area contributed by atoms with E-state index in [-0.39, 0.29) is 5.41 Å². The van der Waals surface area contributed by atoms with Crippen LogP contribution in [0.15, 0.2) is 237 Å². The zero-order valence-corrected chi connectivity index (χ0v) is 37.0. The molecule has 0 atom stereocenters. The van der Waals surface area contributed by atoms with Crippen molar-refractivity contribution in [3.8, 4) is 44.5 Å². The minimum atomic E-state index is -0.545. The molecule has 0 aromatic heterocycles. The molecule has 10 aromatic rings. The van der Waals surface area contributed by atoms with E-state index >= 15 is 0 Å². The lowest BCUT2D eigenvalue weighted by atomic mass is 9.67. The fourth-order valence-corrected chi connectivity index (χ4v) is 13.1. The highest BCUT2D eigenvalue weighted by molar-refractivity contribution is 6.00. The lowest BCUT2D eigenvalue weighted by Crippen LogP contribution is -2.29. The molecule has 0 heterocycles. The van der Waals surface area contributed by atoms with Crippen LogP contribution < -0.4 is 4.90 Å². The van der Waals surface area contributed by atoms with Gasteiger partial charge in [-0.25, -0.2) is 0 Å². The standard InChI is InChI=1S/C65H45N/c1-63(2)54-30-14-9-24-46(54)51-38-36-44(40-59(51)63)66(45-37-39-52-49-27-10-15-31-55(49)64(60(52)41-45,42-20-5-3-6-21-42)43-22-7-4-8-23-43)61-35-19-29-53-50-28-13-18-34-58(50)65(62(53)61)56-32-16-11-25-47(56)48-26-12-17-33-57(48)65/h3-41H,1-2H3. The van der Waals surface area contributed by atoms with Crippen molar-refractivity contribution < 1.29 is 0 Å². The van der Waals surface area contributed by atoms with Crippen LogP contribution in [-0.2, 0) is 16.2 Å². The molecule has 4 aliphatic carbocycles. The minimum Gasteiger partial charge on any atom is -0.310 e. The number of rotatable bonds is 5. The first-order valence-electron chi connectivity index (χ1n) is 23.3. The van der Waals surface area contributed by atoms with E-state index in [1.54, 1.807) is 0 Å². The van der Waals surface area contributed by atoms with E-state index in [4.69, 9.17) is 0 Å². The average molecular weight is 840 g/mol. The maximum Gasteiger partial charge on any atom is 0.0746 e. The first-order valence-corrected chi connectivity index (χ1v) is 23.3. The molecule has 14 rings (SSSR count). The van der Waals surface area contributed by atoms with Crippen LogP contribution in [0.1, 0.15) is 69.5 Å². The predicted molar refractivity (Wildman–Crippen MR) is 272 cm³/mol. The number of nitrogens with zero attached hydrogens (tertiary/aromatic N) is 1. The first-order chi connectivity index (χ1) is 32.5. The second-order valence-electron chi connectivity index (χ2n) is 19.1. The molecular formula is C65H45N. The molecule has 0 N–H and O–H groups in total. The van der Waals surface area contributed by atoms with E-state index < -0.39 is 10.8 Å². The molecule has 0 unspecified atom stereocenters. The summed E-state index contributed by atoms with van der Waals surface area (Å²) < 4.78 is 0. The summed E-state index contributed by atoms with van der Waals surface area (Å²) in [5.41, 5.74) is 25.8. The Morgan fingerprint density at radius 3 is 1.15 bits per heavy atom. The lowest BCUT2D eigenvalue weighted by molar-refractivity contribution is 0.660. The van der Waals surface area contributed by atoms with Crippen LogP contribution in [0, 0.1) is 0 Å². The van der Waals surface area contributed by atoms with E-state index in [1.807, 2.05) is 0 Å². The van der Waals surface area contributed by atoms with Gasteiger partial charge in [0.05, 0.1) is 16.5 Å². The third-order valence-electron chi connectivity index (χ3n) is 15.8. The third kappa shape index (κ3) is 4.64. The highest BCUT2D eigenvalue weighted by Crippen LogP contribution is 2.66. The van der Waals surface area contributed by atoms with Gasteiger partial charge in [0.1, 0.15) is 0 Å². The van der Waals surface area contributed by atoms with Gasteiger partial charge in [-0.3, -0.25) is 0 Å². The van der Waals surface area contributed by atoms with Crippen LogP contribution in [0.4, 0.5) is 17.1 Å². The van der Waals surface area contributed by atoms with E-state index in [1.165, 1.54) is 106 Å². The van der Waals surface area contributed by atoms with Crippen molar-refractivity contribution in [2.24, 2.45) is 0 Å². The number of hydrogen-bond acceptors (Lipinski definition) is 1. The second kappa shape index (κ2) is 13.5. The summed E-state index contributed by atoms with van der Waals surface area (Å²) in [6.45, 7) is 4.79. The maximum atomic E-state index is 2.61. The van der Waals surface area contributed by atoms with Crippen molar-refractivity contribution in [3.05, 3.63) is 292 Å². The summed E-state index contributed by atoms with van der Waals surface area (Å²) in [6, 6.07) is 89.6. The molecule has 0 bridgehead atoms. The smallest absolute Gasteiger partial charge is 0.0746 e. The predicted octanol–water partition coefficient (Wildman–Crippen LogP) is 16.2. The zero-order valence-electron chi connectivity index (χ0n) is 37.0. The fourth-order valence-electron chi connectivity index (χ4n) is 13.1. The van der Waals surface area contributed by atoms with Gasteiger partial charge >= 0.3 is 0 Å². The van der Waals surface area contributed by atoms with Gasteiger partial charge in [-0.15, -0.1) is 0 Å². The molecular weight excluding hydrogens is 795 g/mol. The molecule has 0 radical (unpaired) electrons. The summed E-state index contributed by atoms with van der Waals surface area (Å²) in [6.07, 6.45) is 0. The summed E-state index contributed by atoms with van der Waals surface area (Å²) in [4.78, 5) is 2.61. The number of benzene rings is 10. The van der Waals surface area contributed by atoms with Crippen molar-refractivity contribution >= 4 is 17.1 Å². The number of hydrogen-bond donors (Lipinski definition) is 0. The lowest BCUT2D eigenvalue weighted by Gasteiger charge is -2.37. The molecule has 0 fully saturated rings. The molecule has 0 saturated heterocycles. The summed E-state index contributed by atoms with van der Waals surface area (Å²) >= 11 is 0. The molecule has 1 heteroatoms. The molecule has 1 spiro atoms. The van der Waals surface area contributed by atoms with Crippen LogP contribution in [0.5, 0.6) is 0 Å². The SMILES string of the molecule is CC1(C)c2ccccc2-c2ccc(N(c3ccc4c(c3)C(c3ccccc3)(c3ccccc3)c3ccccc3-4)c3cccc4c3C3(c5ccccc5-c5ccccc53)c3ccccc3-4)cc21. The largest absolute Gasteiger partial charge is 0.310 e. The van der Waals surface area contributed by atoms with Crippen LogP contribution in [0.25, 0.3) is 44.5 Å². The third-order valence-corrected chi connectivity index (χ3v) is 15.8. The Labute approximate surface area is 387 Å². The van der Waals surface area contributed by atoms with E-state index in [2.05, 4.69) is 255 Å². The van der Waals surface area contributed by atoms with Gasteiger partial charge < -0.3 is 4.90 Å². The summed E-state index contributed by atoms with van der Waals surface area (Å²) in [5.74, 6) is 0. The highest BCUT2D eigenvalue weighted by Gasteiger charge is 2.54. The summed E-state index contributed by atoms with van der Waals surface area (Å²) in [7, 11) is 0. The van der Waals surface area contributed by atoms with Gasteiger partial charge in [-0.05, 0) is 125 Å². The van der Waals surface area contributed by atoms with E-state index in [9.17, 15) is 0 Å². The van der Waals surface area contributed by atoms with Crippen LogP contribution in [-0.4, -0.2) is 0 Å². The van der Waals surface area contributed by atoms with Crippen molar-refractivity contribution in [3.63, 3.8) is 0 Å². The number of fused-ring (bicyclic) bond motifs is 16. The molecule has 0 aliphatic heterocycles. The zero-order chi connectivity index (χ0) is 43.8. The molecule has 10 aromatic carbocycles. The van der Waals surface area contributed by atoms with Gasteiger partial charge in [0.15, 0.2) is 0 Å². The fraction of sp³-hybridized carbons (Fsp3) is 0.0769. The Bertz CT molecular complexity index is 3530. The van der Waals surface area contributed by atoms with Gasteiger partial charge in [0, 0.05) is 22.4 Å². The highest BCUT2D eigenvalue weighted by atomic mass is 15.1. The molecule has 310 valence electrons. The topological polar surface area (TPSA) is 3.24 Å². The molecule has 0 saturated carbocycles. The monoisotopic (exact) mass is 839 g/mol. The minimum absolute atomic E-state index is 0.178. The van der Waals surface area contributed by atoms with Crippen molar-refractivity contribution in [1.29, 1.82) is 0 Å². The number of anilines is 3. The molecule has 4 aliphatic rings. The Kier molecular flexibility index (Phi) is 7.66. The normalized spacial score (nSPS) is 15.2.